The van der Waals surface area contributed by atoms with Gasteiger partial charge in [-0.1, -0.05) is 6.58 Å². The van der Waals surface area contributed by atoms with Crippen LogP contribution in [0.4, 0.5) is 5.95 Å². The van der Waals surface area contributed by atoms with E-state index in [-0.39, 0.29) is 23.9 Å². The fraction of sp³-hybridized carbons (Fsp3) is 0.368. The van der Waals surface area contributed by atoms with E-state index in [0.717, 1.165) is 30.9 Å². The lowest BCUT2D eigenvalue weighted by atomic mass is 10.1. The summed E-state index contributed by atoms with van der Waals surface area (Å²) in [4.78, 5) is 38.0. The van der Waals surface area contributed by atoms with Crippen LogP contribution in [-0.2, 0) is 11.2 Å². The van der Waals surface area contributed by atoms with Gasteiger partial charge in [-0.15, -0.1) is 0 Å². The smallest absolute Gasteiger partial charge is 0.253 e. The number of carbonyl (C=O) groups is 2. The van der Waals surface area contributed by atoms with Crippen molar-refractivity contribution in [3.8, 4) is 11.4 Å². The zero-order valence-corrected chi connectivity index (χ0v) is 15.7. The van der Waals surface area contributed by atoms with E-state index in [0.29, 0.717) is 23.8 Å². The molecule has 28 heavy (non-hydrogen) atoms. The van der Waals surface area contributed by atoms with Gasteiger partial charge in [-0.2, -0.15) is 0 Å². The van der Waals surface area contributed by atoms with Crippen LogP contribution in [0.2, 0.25) is 0 Å². The summed E-state index contributed by atoms with van der Waals surface area (Å²) in [6, 6.07) is 3.54. The predicted molar refractivity (Wildman–Crippen MR) is 105 cm³/mol. The number of hydrogen-bond acceptors (Lipinski definition) is 6. The van der Waals surface area contributed by atoms with Crippen molar-refractivity contribution in [3.63, 3.8) is 0 Å². The van der Waals surface area contributed by atoms with Gasteiger partial charge in [0.2, 0.25) is 11.9 Å². The Hall–Kier alpha value is -3.20. The Morgan fingerprint density at radius 3 is 3.00 bits per heavy atom. The molecule has 146 valence electrons. The Bertz CT molecular complexity index is 923. The molecule has 4 heterocycles. The number of fused-ring (bicyclic) bond motifs is 1. The fourth-order valence-corrected chi connectivity index (χ4v) is 3.71. The quantitative estimate of drug-likeness (QED) is 0.548. The zero-order chi connectivity index (χ0) is 19.7. The number of carbonyl (C=O) groups excluding carboxylic acids is 2. The summed E-state index contributed by atoms with van der Waals surface area (Å²) < 4.78 is 0. The zero-order valence-electron chi connectivity index (χ0n) is 15.7. The molecule has 2 atom stereocenters. The lowest BCUT2D eigenvalue weighted by Gasteiger charge is -2.20. The van der Waals surface area contributed by atoms with E-state index in [1.54, 1.807) is 12.3 Å². The highest BCUT2D eigenvalue weighted by Crippen LogP contribution is 2.23. The number of rotatable bonds is 5. The Morgan fingerprint density at radius 1 is 1.39 bits per heavy atom. The molecule has 0 bridgehead atoms. The summed E-state index contributed by atoms with van der Waals surface area (Å²) in [5.41, 5.74) is 3.08. The molecular weight excluding hydrogens is 358 g/mol. The molecule has 0 saturated carbocycles. The van der Waals surface area contributed by atoms with Crippen molar-refractivity contribution in [2.24, 2.45) is 0 Å². The molecule has 2 aliphatic rings. The van der Waals surface area contributed by atoms with Crippen molar-refractivity contribution in [3.05, 3.63) is 42.2 Å². The monoisotopic (exact) mass is 381 g/mol. The molecule has 0 aromatic carbocycles. The van der Waals surface area contributed by atoms with Gasteiger partial charge < -0.3 is 25.8 Å². The van der Waals surface area contributed by atoms with E-state index in [1.165, 1.54) is 6.08 Å². The Morgan fingerprint density at radius 2 is 2.21 bits per heavy atom. The average Bonchev–Trinajstić information content (AvgIpc) is 3.26. The van der Waals surface area contributed by atoms with E-state index in [4.69, 9.17) is 0 Å². The lowest BCUT2D eigenvalue weighted by molar-refractivity contribution is -0.117. The summed E-state index contributed by atoms with van der Waals surface area (Å²) in [7, 11) is 2.00. The maximum absolute atomic E-state index is 12.0. The molecule has 0 unspecified atom stereocenters. The van der Waals surface area contributed by atoms with Crippen molar-refractivity contribution in [1.29, 1.82) is 0 Å². The number of hydrogen-bond donors (Lipinski definition) is 4. The average molecular weight is 381 g/mol. The van der Waals surface area contributed by atoms with Crippen molar-refractivity contribution >= 4 is 17.8 Å². The standard InChI is InChI=1S/C19H23N7O2/c1-3-17(27)23-15-9-26(2)10-16(15)25-19-21-7-5-13(24-19)14-8-11-12(22-14)4-6-20-18(11)28/h3,5,7-8,15-16,22H,1,4,6,9-10H2,2H3,(H,20,28)(H,23,27)(H,21,24,25)/t15-,16-/m1/s1. The molecule has 0 spiro atoms. The largest absolute Gasteiger partial charge is 0.356 e. The number of anilines is 1. The molecule has 1 saturated heterocycles. The molecule has 9 nitrogen and oxygen atoms in total. The van der Waals surface area contributed by atoms with Gasteiger partial charge in [-0.3, -0.25) is 9.59 Å². The lowest BCUT2D eigenvalue weighted by Crippen LogP contribution is -2.45. The first-order valence-electron chi connectivity index (χ1n) is 9.25. The first-order valence-corrected chi connectivity index (χ1v) is 9.25. The first kappa shape index (κ1) is 18.2. The molecule has 0 aliphatic carbocycles. The van der Waals surface area contributed by atoms with Crippen molar-refractivity contribution in [2.45, 2.75) is 18.5 Å². The van der Waals surface area contributed by atoms with Crippen molar-refractivity contribution < 1.29 is 9.59 Å². The van der Waals surface area contributed by atoms with Crippen LogP contribution in [0, 0.1) is 0 Å². The molecule has 4 N–H and O–H groups in total. The third kappa shape index (κ3) is 3.61. The number of nitrogens with zero attached hydrogens (tertiary/aromatic N) is 3. The van der Waals surface area contributed by atoms with Crippen molar-refractivity contribution in [2.75, 3.05) is 32.0 Å². The number of nitrogens with one attached hydrogen (secondary N) is 4. The van der Waals surface area contributed by atoms with Gasteiger partial charge in [0.05, 0.1) is 29.0 Å². The maximum Gasteiger partial charge on any atom is 0.253 e. The Kier molecular flexibility index (Phi) is 4.82. The van der Waals surface area contributed by atoms with E-state index < -0.39 is 0 Å². The minimum atomic E-state index is -0.197. The second-order valence-electron chi connectivity index (χ2n) is 7.14. The van der Waals surface area contributed by atoms with E-state index in [9.17, 15) is 9.59 Å². The van der Waals surface area contributed by atoms with Gasteiger partial charge in [0.25, 0.3) is 5.91 Å². The summed E-state index contributed by atoms with van der Waals surface area (Å²) in [5.74, 6) is 0.218. The predicted octanol–water partition coefficient (Wildman–Crippen LogP) is 0.154. The van der Waals surface area contributed by atoms with Crippen LogP contribution < -0.4 is 16.0 Å². The van der Waals surface area contributed by atoms with Gasteiger partial charge in [0, 0.05) is 37.9 Å². The van der Waals surface area contributed by atoms with Gasteiger partial charge in [0.15, 0.2) is 0 Å². The summed E-state index contributed by atoms with van der Waals surface area (Å²) in [6.45, 7) is 5.63. The third-order valence-corrected chi connectivity index (χ3v) is 5.07. The number of likely N-dealkylation sites (tertiary alicyclic amines) is 1. The number of aromatic nitrogens is 3. The maximum atomic E-state index is 12.0. The highest BCUT2D eigenvalue weighted by atomic mass is 16.2. The van der Waals surface area contributed by atoms with Crippen molar-refractivity contribution in [1.82, 2.24) is 30.5 Å². The van der Waals surface area contributed by atoms with E-state index in [2.05, 4.69) is 42.4 Å². The van der Waals surface area contributed by atoms with Crippen LogP contribution in [-0.4, -0.2) is 70.4 Å². The number of aromatic amines is 1. The molecule has 2 amide bonds. The summed E-state index contributed by atoms with van der Waals surface area (Å²) in [5, 5.41) is 9.11. The van der Waals surface area contributed by atoms with Gasteiger partial charge in [-0.05, 0) is 25.3 Å². The molecule has 0 radical (unpaired) electrons. The number of likely N-dealkylation sites (N-methyl/N-ethyl adjacent to an activating group) is 1. The minimum absolute atomic E-state index is 0.0215. The number of amides is 2. The minimum Gasteiger partial charge on any atom is -0.356 e. The normalized spacial score (nSPS) is 21.7. The highest BCUT2D eigenvalue weighted by Gasteiger charge is 2.32. The molecule has 2 aromatic rings. The molecule has 4 rings (SSSR count). The summed E-state index contributed by atoms with van der Waals surface area (Å²) in [6.07, 6.45) is 3.73. The molecular formula is C19H23N7O2. The van der Waals surface area contributed by atoms with Gasteiger partial charge in [-0.25, -0.2) is 9.97 Å². The van der Waals surface area contributed by atoms with Crippen LogP contribution in [0.3, 0.4) is 0 Å². The molecule has 2 aliphatic heterocycles. The van der Waals surface area contributed by atoms with Crippen LogP contribution in [0.5, 0.6) is 0 Å². The van der Waals surface area contributed by atoms with Gasteiger partial charge in [0.1, 0.15) is 0 Å². The second kappa shape index (κ2) is 7.43. The van der Waals surface area contributed by atoms with Crippen LogP contribution in [0.15, 0.2) is 31.0 Å². The van der Waals surface area contributed by atoms with E-state index >= 15 is 0 Å². The van der Waals surface area contributed by atoms with Gasteiger partial charge >= 0.3 is 0 Å². The fourth-order valence-electron chi connectivity index (χ4n) is 3.71. The third-order valence-electron chi connectivity index (χ3n) is 5.07. The SMILES string of the molecule is C=CC(=O)N[C@@H]1CN(C)C[C@H]1Nc1nccc(-c2cc3c([nH]2)CCNC3=O)n1. The topological polar surface area (TPSA) is 115 Å². The Balaban J connectivity index is 1.53. The number of H-pyrrole nitrogens is 1. The Labute approximate surface area is 162 Å². The molecule has 9 heteroatoms. The van der Waals surface area contributed by atoms with Crippen LogP contribution in [0.1, 0.15) is 16.1 Å². The highest BCUT2D eigenvalue weighted by molar-refractivity contribution is 5.97. The molecule has 1 fully saturated rings. The van der Waals surface area contributed by atoms with Crippen LogP contribution in [0.25, 0.3) is 11.4 Å². The summed E-state index contributed by atoms with van der Waals surface area (Å²) >= 11 is 0. The van der Waals surface area contributed by atoms with Crippen LogP contribution >= 0.6 is 0 Å². The second-order valence-corrected chi connectivity index (χ2v) is 7.14. The van der Waals surface area contributed by atoms with E-state index in [1.807, 2.05) is 13.1 Å². The first-order chi connectivity index (χ1) is 13.5. The molecule has 2 aromatic heterocycles.